The number of benzene rings is 1. The van der Waals surface area contributed by atoms with Crippen LogP contribution in [-0.4, -0.2) is 13.7 Å². The molecule has 0 saturated carbocycles. The molecule has 1 rings (SSSR count). The normalized spacial score (nSPS) is 12.9. The van der Waals surface area contributed by atoms with Crippen molar-refractivity contribution in [1.29, 1.82) is 0 Å². The minimum Gasteiger partial charge on any atom is -0.385 e. The van der Waals surface area contributed by atoms with Crippen LogP contribution in [0.15, 0.2) is 18.2 Å². The summed E-state index contributed by atoms with van der Waals surface area (Å²) in [6.45, 7) is 2.86. The van der Waals surface area contributed by atoms with E-state index in [1.807, 2.05) is 12.1 Å². The predicted octanol–water partition coefficient (Wildman–Crippen LogP) is 4.13. The van der Waals surface area contributed by atoms with Crippen molar-refractivity contribution in [2.24, 2.45) is 0 Å². The molecule has 0 aliphatic rings. The van der Waals surface area contributed by atoms with E-state index in [1.54, 1.807) is 13.2 Å². The van der Waals surface area contributed by atoms with E-state index in [0.29, 0.717) is 16.0 Å². The molecule has 0 aromatic heterocycles. The highest BCUT2D eigenvalue weighted by Gasteiger charge is 2.11. The summed E-state index contributed by atoms with van der Waals surface area (Å²) in [5.41, 5.74) is 1.09. The highest BCUT2D eigenvalue weighted by atomic mass is 35.5. The molecule has 0 fully saturated rings. The lowest BCUT2D eigenvalue weighted by molar-refractivity contribution is 0.189. The first kappa shape index (κ1) is 11.8. The van der Waals surface area contributed by atoms with Crippen LogP contribution < -0.4 is 0 Å². The van der Waals surface area contributed by atoms with E-state index < -0.39 is 0 Å². The van der Waals surface area contributed by atoms with Gasteiger partial charge in [0.05, 0.1) is 10.0 Å². The standard InChI is InChI=1S/C11H14Cl2O/c1-8(6-7-14-2)9-4-3-5-10(12)11(9)13/h3-5,8H,6-7H2,1-2H3. The maximum Gasteiger partial charge on any atom is 0.0627 e. The summed E-state index contributed by atoms with van der Waals surface area (Å²) in [7, 11) is 1.70. The first-order valence-corrected chi connectivity index (χ1v) is 5.35. The molecule has 0 heterocycles. The van der Waals surface area contributed by atoms with Gasteiger partial charge in [-0.3, -0.25) is 0 Å². The maximum atomic E-state index is 6.09. The molecule has 1 unspecified atom stereocenters. The number of methoxy groups -OCH3 is 1. The second-order valence-electron chi connectivity index (χ2n) is 3.33. The molecule has 0 aliphatic carbocycles. The van der Waals surface area contributed by atoms with Gasteiger partial charge in [-0.1, -0.05) is 42.3 Å². The Labute approximate surface area is 95.0 Å². The minimum atomic E-state index is 0.376. The Bertz CT molecular complexity index is 299. The van der Waals surface area contributed by atoms with Gasteiger partial charge in [0.15, 0.2) is 0 Å². The molecule has 1 aromatic rings. The molecular formula is C11H14Cl2O. The lowest BCUT2D eigenvalue weighted by Crippen LogP contribution is -1.99. The van der Waals surface area contributed by atoms with Crippen molar-refractivity contribution < 1.29 is 4.74 Å². The Morgan fingerprint density at radius 1 is 1.36 bits per heavy atom. The van der Waals surface area contributed by atoms with Crippen molar-refractivity contribution in [2.75, 3.05) is 13.7 Å². The Balaban J connectivity index is 2.79. The number of hydrogen-bond donors (Lipinski definition) is 0. The predicted molar refractivity (Wildman–Crippen MR) is 61.4 cm³/mol. The van der Waals surface area contributed by atoms with Crippen LogP contribution in [0.4, 0.5) is 0 Å². The van der Waals surface area contributed by atoms with Crippen LogP contribution in [-0.2, 0) is 4.74 Å². The number of ether oxygens (including phenoxy) is 1. The fourth-order valence-corrected chi connectivity index (χ4v) is 1.85. The third-order valence-electron chi connectivity index (χ3n) is 2.27. The monoisotopic (exact) mass is 232 g/mol. The summed E-state index contributed by atoms with van der Waals surface area (Å²) >= 11 is 12.0. The third kappa shape index (κ3) is 2.88. The van der Waals surface area contributed by atoms with Crippen LogP contribution in [0.1, 0.15) is 24.8 Å². The molecule has 1 aromatic carbocycles. The average molecular weight is 233 g/mol. The summed E-state index contributed by atoms with van der Waals surface area (Å²) < 4.78 is 5.03. The van der Waals surface area contributed by atoms with Crippen LogP contribution in [0.5, 0.6) is 0 Å². The molecule has 0 radical (unpaired) electrons. The topological polar surface area (TPSA) is 9.23 Å². The fraction of sp³-hybridized carbons (Fsp3) is 0.455. The van der Waals surface area contributed by atoms with Gasteiger partial charge >= 0.3 is 0 Å². The van der Waals surface area contributed by atoms with Gasteiger partial charge < -0.3 is 4.74 Å². The molecule has 1 nitrogen and oxygen atoms in total. The van der Waals surface area contributed by atoms with E-state index >= 15 is 0 Å². The molecule has 14 heavy (non-hydrogen) atoms. The maximum absolute atomic E-state index is 6.09. The molecule has 3 heteroatoms. The van der Waals surface area contributed by atoms with Crippen molar-refractivity contribution in [2.45, 2.75) is 19.3 Å². The molecule has 0 amide bonds. The van der Waals surface area contributed by atoms with E-state index in [-0.39, 0.29) is 0 Å². The molecule has 1 atom stereocenters. The second kappa shape index (κ2) is 5.59. The zero-order valence-corrected chi connectivity index (χ0v) is 9.90. The lowest BCUT2D eigenvalue weighted by atomic mass is 9.98. The molecule has 0 N–H and O–H groups in total. The summed E-state index contributed by atoms with van der Waals surface area (Å²) in [6.07, 6.45) is 0.955. The SMILES string of the molecule is COCCC(C)c1cccc(Cl)c1Cl. The molecule has 78 valence electrons. The van der Waals surface area contributed by atoms with Crippen LogP contribution in [0.25, 0.3) is 0 Å². The smallest absolute Gasteiger partial charge is 0.0627 e. The summed E-state index contributed by atoms with van der Waals surface area (Å²) in [5.74, 6) is 0.376. The third-order valence-corrected chi connectivity index (χ3v) is 3.10. The largest absolute Gasteiger partial charge is 0.385 e. The summed E-state index contributed by atoms with van der Waals surface area (Å²) in [4.78, 5) is 0. The Hall–Kier alpha value is -0.240. The van der Waals surface area contributed by atoms with Gasteiger partial charge in [-0.2, -0.15) is 0 Å². The zero-order valence-electron chi connectivity index (χ0n) is 8.39. The van der Waals surface area contributed by atoms with Gasteiger partial charge in [-0.05, 0) is 24.0 Å². The lowest BCUT2D eigenvalue weighted by Gasteiger charge is -2.13. The number of hydrogen-bond acceptors (Lipinski definition) is 1. The zero-order chi connectivity index (χ0) is 10.6. The Kier molecular flexibility index (Phi) is 4.73. The highest BCUT2D eigenvalue weighted by Crippen LogP contribution is 2.32. The van der Waals surface area contributed by atoms with Crippen molar-refractivity contribution in [1.82, 2.24) is 0 Å². The fourth-order valence-electron chi connectivity index (χ4n) is 1.35. The van der Waals surface area contributed by atoms with Crippen LogP contribution in [0, 0.1) is 0 Å². The quantitative estimate of drug-likeness (QED) is 0.759. The first-order valence-electron chi connectivity index (χ1n) is 4.59. The van der Waals surface area contributed by atoms with E-state index in [1.165, 1.54) is 0 Å². The van der Waals surface area contributed by atoms with E-state index in [4.69, 9.17) is 27.9 Å². The molecule has 0 aliphatic heterocycles. The van der Waals surface area contributed by atoms with Crippen molar-refractivity contribution in [3.05, 3.63) is 33.8 Å². The summed E-state index contributed by atoms with van der Waals surface area (Å²) in [6, 6.07) is 5.73. The van der Waals surface area contributed by atoms with Crippen LogP contribution in [0.3, 0.4) is 0 Å². The Morgan fingerprint density at radius 3 is 2.71 bits per heavy atom. The minimum absolute atomic E-state index is 0.376. The number of rotatable bonds is 4. The van der Waals surface area contributed by atoms with E-state index in [9.17, 15) is 0 Å². The summed E-state index contributed by atoms with van der Waals surface area (Å²) in [5, 5.41) is 1.28. The van der Waals surface area contributed by atoms with Gasteiger partial charge in [-0.25, -0.2) is 0 Å². The van der Waals surface area contributed by atoms with Crippen LogP contribution in [0.2, 0.25) is 10.0 Å². The van der Waals surface area contributed by atoms with Crippen molar-refractivity contribution >= 4 is 23.2 Å². The molecule has 0 saturated heterocycles. The van der Waals surface area contributed by atoms with Gasteiger partial charge in [-0.15, -0.1) is 0 Å². The van der Waals surface area contributed by atoms with Gasteiger partial charge in [0.1, 0.15) is 0 Å². The first-order chi connectivity index (χ1) is 6.66. The average Bonchev–Trinajstić information content (AvgIpc) is 2.18. The molecule has 0 spiro atoms. The molecule has 0 bridgehead atoms. The van der Waals surface area contributed by atoms with Crippen molar-refractivity contribution in [3.63, 3.8) is 0 Å². The van der Waals surface area contributed by atoms with Gasteiger partial charge in [0, 0.05) is 13.7 Å². The Morgan fingerprint density at radius 2 is 2.07 bits per heavy atom. The molecular weight excluding hydrogens is 219 g/mol. The highest BCUT2D eigenvalue weighted by molar-refractivity contribution is 6.42. The van der Waals surface area contributed by atoms with Crippen molar-refractivity contribution in [3.8, 4) is 0 Å². The van der Waals surface area contributed by atoms with E-state index in [0.717, 1.165) is 18.6 Å². The van der Waals surface area contributed by atoms with Gasteiger partial charge in [0.25, 0.3) is 0 Å². The van der Waals surface area contributed by atoms with Gasteiger partial charge in [0.2, 0.25) is 0 Å². The second-order valence-corrected chi connectivity index (χ2v) is 4.11. The van der Waals surface area contributed by atoms with Crippen LogP contribution >= 0.6 is 23.2 Å². The van der Waals surface area contributed by atoms with E-state index in [2.05, 4.69) is 6.92 Å². The number of halogens is 2.